The van der Waals surface area contributed by atoms with Crippen LogP contribution in [0.2, 0.25) is 5.02 Å². The zero-order chi connectivity index (χ0) is 14.2. The lowest BCUT2D eigenvalue weighted by atomic mass is 10.1. The second-order valence-electron chi connectivity index (χ2n) is 4.52. The zero-order valence-electron chi connectivity index (χ0n) is 10.1. The molecule has 0 fully saturated rings. The van der Waals surface area contributed by atoms with Crippen LogP contribution in [0.4, 0.5) is 0 Å². The van der Waals surface area contributed by atoms with Crippen LogP contribution in [0.1, 0.15) is 30.3 Å². The first-order valence-electron chi connectivity index (χ1n) is 5.66. The Balaban J connectivity index is 2.49. The van der Waals surface area contributed by atoms with E-state index < -0.39 is 5.66 Å². The minimum atomic E-state index is -0.729. The molecule has 2 rings (SSSR count). The van der Waals surface area contributed by atoms with E-state index in [9.17, 15) is 9.59 Å². The topological polar surface area (TPSA) is 63.1 Å². The van der Waals surface area contributed by atoms with Crippen LogP contribution in [0.5, 0.6) is 0 Å². The maximum atomic E-state index is 12.1. The number of hydrogen-bond donors (Lipinski definition) is 2. The number of pyridine rings is 1. The van der Waals surface area contributed by atoms with Crippen molar-refractivity contribution in [3.05, 3.63) is 31.6 Å². The summed E-state index contributed by atoms with van der Waals surface area (Å²) in [6, 6.07) is 1.42. The standard InChI is InChI=1S/C11H12BrCl2N3O2/c1-11(3-2-4-13)15-9(18)8-7(14)5-6(12)10(19)17(8)16-11/h5,16H,2-4H2,1H3,(H,15,18). The molecular weight excluding hydrogens is 357 g/mol. The summed E-state index contributed by atoms with van der Waals surface area (Å²) in [4.78, 5) is 24.2. The van der Waals surface area contributed by atoms with Gasteiger partial charge in [-0.25, -0.2) is 4.68 Å². The predicted molar refractivity (Wildman–Crippen MR) is 78.6 cm³/mol. The van der Waals surface area contributed by atoms with E-state index in [2.05, 4.69) is 26.7 Å². The molecule has 0 saturated heterocycles. The molecule has 0 aliphatic carbocycles. The lowest BCUT2D eigenvalue weighted by Gasteiger charge is -2.38. The molecule has 0 bridgehead atoms. The molecule has 0 radical (unpaired) electrons. The number of amides is 1. The summed E-state index contributed by atoms with van der Waals surface area (Å²) < 4.78 is 1.47. The van der Waals surface area contributed by atoms with Crippen molar-refractivity contribution in [3.8, 4) is 0 Å². The number of hydrogen-bond acceptors (Lipinski definition) is 3. The second-order valence-corrected chi connectivity index (χ2v) is 6.16. The first-order valence-corrected chi connectivity index (χ1v) is 7.36. The number of alkyl halides is 1. The summed E-state index contributed by atoms with van der Waals surface area (Å²) in [6.45, 7) is 1.79. The molecule has 0 aromatic carbocycles. The SMILES string of the molecule is CC1(CCCCl)NC(=O)c2c(Cl)cc(Br)c(=O)n2N1. The second kappa shape index (κ2) is 5.34. The Morgan fingerprint density at radius 1 is 1.47 bits per heavy atom. The molecular formula is C11H12BrCl2N3O2. The summed E-state index contributed by atoms with van der Waals surface area (Å²) >= 11 is 14.8. The lowest BCUT2D eigenvalue weighted by molar-refractivity contribution is 0.0870. The molecule has 1 unspecified atom stereocenters. The van der Waals surface area contributed by atoms with Gasteiger partial charge in [-0.2, -0.15) is 0 Å². The number of nitrogens with one attached hydrogen (secondary N) is 2. The molecule has 2 N–H and O–H groups in total. The number of carbonyl (C=O) groups is 1. The summed E-state index contributed by atoms with van der Waals surface area (Å²) in [5, 5.41) is 3.01. The first-order chi connectivity index (χ1) is 8.88. The normalized spacial score (nSPS) is 21.6. The summed E-state index contributed by atoms with van der Waals surface area (Å²) in [7, 11) is 0. The van der Waals surface area contributed by atoms with Gasteiger partial charge in [0.25, 0.3) is 11.5 Å². The van der Waals surface area contributed by atoms with Crippen LogP contribution in [0.15, 0.2) is 15.3 Å². The van der Waals surface area contributed by atoms with Crippen LogP contribution in [0.25, 0.3) is 0 Å². The highest BCUT2D eigenvalue weighted by Crippen LogP contribution is 2.23. The van der Waals surface area contributed by atoms with Crippen molar-refractivity contribution in [2.24, 2.45) is 0 Å². The Bertz CT molecular complexity index is 590. The van der Waals surface area contributed by atoms with E-state index >= 15 is 0 Å². The van der Waals surface area contributed by atoms with Crippen molar-refractivity contribution >= 4 is 45.0 Å². The summed E-state index contributed by atoms with van der Waals surface area (Å²) in [5.74, 6) is 0.0964. The monoisotopic (exact) mass is 367 g/mol. The third-order valence-electron chi connectivity index (χ3n) is 2.88. The minimum absolute atomic E-state index is 0.109. The number of halogens is 3. The number of fused-ring (bicyclic) bond motifs is 1. The van der Waals surface area contributed by atoms with Crippen molar-refractivity contribution in [2.75, 3.05) is 11.3 Å². The fourth-order valence-corrected chi connectivity index (χ4v) is 2.95. The van der Waals surface area contributed by atoms with Crippen molar-refractivity contribution in [3.63, 3.8) is 0 Å². The highest BCUT2D eigenvalue weighted by Gasteiger charge is 2.35. The van der Waals surface area contributed by atoms with Gasteiger partial charge in [-0.3, -0.25) is 15.0 Å². The van der Waals surface area contributed by atoms with Crippen molar-refractivity contribution < 1.29 is 4.79 Å². The van der Waals surface area contributed by atoms with E-state index in [1.54, 1.807) is 6.92 Å². The predicted octanol–water partition coefficient (Wildman–Crippen LogP) is 2.29. The van der Waals surface area contributed by atoms with E-state index in [0.29, 0.717) is 23.2 Å². The van der Waals surface area contributed by atoms with Gasteiger partial charge < -0.3 is 5.32 Å². The quantitative estimate of drug-likeness (QED) is 0.804. The third kappa shape index (κ3) is 2.75. The first kappa shape index (κ1) is 14.7. The number of carbonyl (C=O) groups excluding carboxylic acids is 1. The van der Waals surface area contributed by atoms with Crippen LogP contribution in [-0.2, 0) is 0 Å². The van der Waals surface area contributed by atoms with Crippen LogP contribution in [0, 0.1) is 0 Å². The van der Waals surface area contributed by atoms with Gasteiger partial charge in [0.2, 0.25) is 0 Å². The Kier molecular flexibility index (Phi) is 4.13. The van der Waals surface area contributed by atoms with E-state index in [1.165, 1.54) is 10.7 Å². The maximum absolute atomic E-state index is 12.1. The Labute approximate surface area is 128 Å². The number of nitrogens with zero attached hydrogens (tertiary/aromatic N) is 1. The van der Waals surface area contributed by atoms with Crippen molar-refractivity contribution in [1.29, 1.82) is 0 Å². The van der Waals surface area contributed by atoms with Gasteiger partial charge in [0.15, 0.2) is 0 Å². The fraction of sp³-hybridized carbons (Fsp3) is 0.455. The molecule has 0 saturated carbocycles. The Morgan fingerprint density at radius 2 is 2.16 bits per heavy atom. The molecule has 19 heavy (non-hydrogen) atoms. The molecule has 1 aliphatic rings. The van der Waals surface area contributed by atoms with E-state index in [4.69, 9.17) is 23.2 Å². The lowest BCUT2D eigenvalue weighted by Crippen LogP contribution is -2.62. The van der Waals surface area contributed by atoms with Crippen molar-refractivity contribution in [2.45, 2.75) is 25.4 Å². The largest absolute Gasteiger partial charge is 0.327 e. The average molecular weight is 369 g/mol. The smallest absolute Gasteiger partial charge is 0.284 e. The van der Waals surface area contributed by atoms with Gasteiger partial charge in [0.1, 0.15) is 11.4 Å². The molecule has 8 heteroatoms. The third-order valence-corrected chi connectivity index (χ3v) is 4.01. The van der Waals surface area contributed by atoms with Gasteiger partial charge in [0, 0.05) is 5.88 Å². The molecule has 1 aliphatic heterocycles. The highest BCUT2D eigenvalue weighted by molar-refractivity contribution is 9.10. The molecule has 1 aromatic rings. The van der Waals surface area contributed by atoms with Crippen LogP contribution >= 0.6 is 39.1 Å². The molecule has 1 amide bonds. The summed E-state index contributed by atoms with van der Waals surface area (Å²) in [5.41, 5.74) is 2.01. The molecule has 1 aromatic heterocycles. The highest BCUT2D eigenvalue weighted by atomic mass is 79.9. The van der Waals surface area contributed by atoms with Crippen LogP contribution < -0.4 is 16.3 Å². The van der Waals surface area contributed by atoms with Gasteiger partial charge in [-0.05, 0) is 41.8 Å². The van der Waals surface area contributed by atoms with Gasteiger partial charge in [-0.15, -0.1) is 11.6 Å². The van der Waals surface area contributed by atoms with Crippen LogP contribution in [-0.4, -0.2) is 22.1 Å². The fourth-order valence-electron chi connectivity index (χ4n) is 2.00. The van der Waals surface area contributed by atoms with Gasteiger partial charge in [0.05, 0.1) is 9.50 Å². The average Bonchev–Trinajstić information content (AvgIpc) is 2.32. The number of rotatable bonds is 3. The van der Waals surface area contributed by atoms with Crippen LogP contribution in [0.3, 0.4) is 0 Å². The molecule has 5 nitrogen and oxygen atoms in total. The van der Waals surface area contributed by atoms with Gasteiger partial charge >= 0.3 is 0 Å². The van der Waals surface area contributed by atoms with E-state index in [-0.39, 0.29) is 22.2 Å². The minimum Gasteiger partial charge on any atom is -0.327 e. The van der Waals surface area contributed by atoms with Gasteiger partial charge in [-0.1, -0.05) is 11.6 Å². The Hall–Kier alpha value is -0.720. The van der Waals surface area contributed by atoms with Crippen molar-refractivity contribution in [1.82, 2.24) is 9.99 Å². The molecule has 0 spiro atoms. The summed E-state index contributed by atoms with van der Waals surface area (Å²) in [6.07, 6.45) is 1.30. The number of aromatic nitrogens is 1. The Morgan fingerprint density at radius 3 is 2.79 bits per heavy atom. The molecule has 2 heterocycles. The maximum Gasteiger partial charge on any atom is 0.284 e. The zero-order valence-corrected chi connectivity index (χ0v) is 13.2. The molecule has 104 valence electrons. The molecule has 1 atom stereocenters. The van der Waals surface area contributed by atoms with E-state index in [0.717, 1.165) is 0 Å². The van der Waals surface area contributed by atoms with E-state index in [1.807, 2.05) is 0 Å².